The molecule has 0 saturated heterocycles. The van der Waals surface area contributed by atoms with E-state index in [4.69, 9.17) is 16.7 Å². The zero-order valence-corrected chi connectivity index (χ0v) is 13.5. The van der Waals surface area contributed by atoms with Crippen LogP contribution < -0.4 is 18.9 Å². The molecule has 1 rings (SSSR count). The van der Waals surface area contributed by atoms with E-state index in [9.17, 15) is 14.4 Å². The Morgan fingerprint density at radius 2 is 1.83 bits per heavy atom. The van der Waals surface area contributed by atoms with Gasteiger partial charge in [-0.3, -0.25) is 14.4 Å². The number of benzene rings is 1. The molecule has 0 unspecified atom stereocenters. The molecule has 0 spiro atoms. The number of amides is 1. The quantitative estimate of drug-likeness (QED) is 0.430. The van der Waals surface area contributed by atoms with Crippen molar-refractivity contribution >= 4 is 35.2 Å². The van der Waals surface area contributed by atoms with E-state index in [0.29, 0.717) is 10.6 Å². The Labute approximate surface area is 150 Å². The first-order valence-corrected chi connectivity index (χ1v) is 6.65. The van der Waals surface area contributed by atoms with Crippen molar-refractivity contribution in [2.75, 3.05) is 7.11 Å². The van der Waals surface area contributed by atoms with E-state index in [1.807, 2.05) is 0 Å². The van der Waals surface area contributed by atoms with Crippen molar-refractivity contribution in [2.45, 2.75) is 19.3 Å². The molecule has 118 valence electrons. The van der Waals surface area contributed by atoms with Crippen LogP contribution in [0.5, 0.6) is 0 Å². The maximum Gasteiger partial charge on any atom is 1.00 e. The van der Waals surface area contributed by atoms with Gasteiger partial charge in [-0.05, 0) is 17.7 Å². The molecule has 7 nitrogen and oxygen atoms in total. The predicted octanol–water partition coefficient (Wildman–Crippen LogP) is 0.0122. The summed E-state index contributed by atoms with van der Waals surface area (Å²) in [6.07, 6.45) is -1.43. The van der Waals surface area contributed by atoms with Gasteiger partial charge in [0.25, 0.3) is 0 Å². The summed E-state index contributed by atoms with van der Waals surface area (Å²) in [6.45, 7) is 0. The first-order valence-electron chi connectivity index (χ1n) is 6.27. The van der Waals surface area contributed by atoms with Crippen molar-refractivity contribution < 1.29 is 43.1 Å². The molecular weight excluding hydrogens is 319 g/mol. The van der Waals surface area contributed by atoms with Gasteiger partial charge in [0, 0.05) is 23.6 Å². The van der Waals surface area contributed by atoms with Crippen molar-refractivity contribution in [3.8, 4) is 0 Å². The van der Waals surface area contributed by atoms with Gasteiger partial charge in [0.2, 0.25) is 6.09 Å². The van der Waals surface area contributed by atoms with Crippen molar-refractivity contribution in [3.63, 3.8) is 0 Å². The Bertz CT molecular complexity index is 589. The van der Waals surface area contributed by atoms with Crippen LogP contribution >= 0.6 is 11.6 Å². The summed E-state index contributed by atoms with van der Waals surface area (Å²) < 4.78 is 4.34. The third kappa shape index (κ3) is 8.40. The molecule has 0 aliphatic rings. The van der Waals surface area contributed by atoms with E-state index in [0.717, 1.165) is 7.11 Å². The number of carboxylic acid groups (broad SMARTS) is 1. The molecule has 23 heavy (non-hydrogen) atoms. The fourth-order valence-corrected chi connectivity index (χ4v) is 1.63. The Hall–Kier alpha value is -1.81. The number of rotatable bonds is 7. The van der Waals surface area contributed by atoms with Gasteiger partial charge in [0.1, 0.15) is 5.78 Å². The van der Waals surface area contributed by atoms with Crippen molar-refractivity contribution in [1.82, 2.24) is 0 Å². The van der Waals surface area contributed by atoms with E-state index in [2.05, 4.69) is 15.3 Å². The number of ketones is 1. The summed E-state index contributed by atoms with van der Waals surface area (Å²) in [4.78, 5) is 33.3. The third-order valence-corrected chi connectivity index (χ3v) is 2.84. The van der Waals surface area contributed by atoms with Crippen LogP contribution in [0.4, 0.5) is 4.79 Å². The summed E-state index contributed by atoms with van der Waals surface area (Å²) >= 11 is 5.79. The minimum Gasteiger partial charge on any atom is -0.508 e. The fraction of sp³-hybridized carbons (Fsp3) is 0.286. The SMILES string of the molecule is COC(=O)[N-]/N=C(\CC(=O)CCC(=O)O)c1ccc(Cl)cc1.[Li+]. The fourth-order valence-electron chi connectivity index (χ4n) is 1.50. The molecule has 0 aliphatic carbocycles. The number of hydrogen-bond donors (Lipinski definition) is 1. The summed E-state index contributed by atoms with van der Waals surface area (Å²) in [5.74, 6) is -1.38. The topological polar surface area (TPSA) is 107 Å². The van der Waals surface area contributed by atoms with E-state index in [1.54, 1.807) is 24.3 Å². The van der Waals surface area contributed by atoms with Crippen LogP contribution in [0.2, 0.25) is 5.02 Å². The maximum absolute atomic E-state index is 11.8. The molecule has 1 N–H and O–H groups in total. The van der Waals surface area contributed by atoms with Crippen LogP contribution in [0.25, 0.3) is 5.43 Å². The van der Waals surface area contributed by atoms with E-state index < -0.39 is 12.1 Å². The monoisotopic (exact) mass is 332 g/mol. The molecule has 1 aromatic rings. The molecule has 0 heterocycles. The standard InChI is InChI=1S/C14H15ClN2O5.Li/c1-22-14(21)17-16-12(8-11(18)6-7-13(19)20)9-2-4-10(15)5-3-9;/h2-5H,6-8H2,1H3,(H2,17,19,20,21);/q;+1/p-1/b16-12+;. The minimum atomic E-state index is -1.06. The maximum atomic E-state index is 11.8. The third-order valence-electron chi connectivity index (χ3n) is 2.59. The second kappa shape index (κ2) is 10.8. The van der Waals surface area contributed by atoms with E-state index in [-0.39, 0.29) is 49.6 Å². The van der Waals surface area contributed by atoms with E-state index in [1.165, 1.54) is 0 Å². The number of nitrogens with zero attached hydrogens (tertiary/aromatic N) is 2. The number of methoxy groups -OCH3 is 1. The van der Waals surface area contributed by atoms with Crippen LogP contribution in [0.15, 0.2) is 29.4 Å². The molecular formula is C14H14ClLiN2O5. The molecule has 0 aromatic heterocycles. The van der Waals surface area contributed by atoms with E-state index >= 15 is 0 Å². The normalized spacial score (nSPS) is 10.4. The Balaban J connectivity index is 0.00000484. The summed E-state index contributed by atoms with van der Waals surface area (Å²) in [6, 6.07) is 6.45. The molecule has 0 saturated carbocycles. The van der Waals surface area contributed by atoms with Gasteiger partial charge in [0.15, 0.2) is 0 Å². The van der Waals surface area contributed by atoms with Gasteiger partial charge in [-0.1, -0.05) is 23.7 Å². The Kier molecular flexibility index (Phi) is 9.98. The largest absolute Gasteiger partial charge is 1.00 e. The minimum absolute atomic E-state index is 0. The van der Waals surface area contributed by atoms with Crippen LogP contribution in [0.3, 0.4) is 0 Å². The second-order valence-corrected chi connectivity index (χ2v) is 4.67. The molecule has 0 aliphatic heterocycles. The Morgan fingerprint density at radius 1 is 1.22 bits per heavy atom. The molecule has 0 radical (unpaired) electrons. The summed E-state index contributed by atoms with van der Waals surface area (Å²) in [5.41, 5.74) is 4.11. The van der Waals surface area contributed by atoms with Gasteiger partial charge < -0.3 is 20.4 Å². The molecule has 1 amide bonds. The van der Waals surface area contributed by atoms with Crippen LogP contribution in [0, 0.1) is 0 Å². The Morgan fingerprint density at radius 3 is 2.35 bits per heavy atom. The number of ether oxygens (including phenoxy) is 1. The zero-order valence-electron chi connectivity index (χ0n) is 12.8. The first-order chi connectivity index (χ1) is 10.4. The van der Waals surface area contributed by atoms with Gasteiger partial charge in [0.05, 0.1) is 13.5 Å². The van der Waals surface area contributed by atoms with Crippen LogP contribution in [-0.2, 0) is 14.3 Å². The van der Waals surface area contributed by atoms with Crippen molar-refractivity contribution in [1.29, 1.82) is 0 Å². The molecule has 0 fully saturated rings. The summed E-state index contributed by atoms with van der Waals surface area (Å²) in [7, 11) is 1.15. The van der Waals surface area contributed by atoms with Crippen LogP contribution in [-0.4, -0.2) is 35.8 Å². The molecule has 0 atom stereocenters. The van der Waals surface area contributed by atoms with Crippen LogP contribution in [0.1, 0.15) is 24.8 Å². The number of hydrogen-bond acceptors (Lipinski definition) is 5. The second-order valence-electron chi connectivity index (χ2n) is 4.23. The number of carbonyl (C=O) groups excluding carboxylic acids is 2. The van der Waals surface area contributed by atoms with Gasteiger partial charge >= 0.3 is 24.8 Å². The smallest absolute Gasteiger partial charge is 0.508 e. The average Bonchev–Trinajstić information content (AvgIpc) is 2.49. The number of carbonyl (C=O) groups is 3. The van der Waals surface area contributed by atoms with Crippen molar-refractivity contribution in [3.05, 3.63) is 40.3 Å². The number of carboxylic acids is 1. The van der Waals surface area contributed by atoms with Gasteiger partial charge in [-0.25, -0.2) is 0 Å². The predicted molar refractivity (Wildman–Crippen MR) is 80.2 cm³/mol. The number of Topliss-reactive ketones (excluding diaryl/α,β-unsaturated/α-hetero) is 1. The zero-order chi connectivity index (χ0) is 16.5. The molecule has 0 bridgehead atoms. The summed E-state index contributed by atoms with van der Waals surface area (Å²) in [5, 5.41) is 12.8. The molecule has 1 aromatic carbocycles. The van der Waals surface area contributed by atoms with Gasteiger partial charge in [-0.2, -0.15) is 0 Å². The van der Waals surface area contributed by atoms with Gasteiger partial charge in [-0.15, -0.1) is 0 Å². The average molecular weight is 333 g/mol. The molecule has 9 heteroatoms. The number of aliphatic carboxylic acids is 1. The van der Waals surface area contributed by atoms with Crippen molar-refractivity contribution in [2.24, 2.45) is 5.10 Å². The first kappa shape index (κ1) is 21.2. The number of halogens is 1.